The maximum Gasteiger partial charge on any atom is 0.239 e. The van der Waals surface area contributed by atoms with E-state index in [4.69, 9.17) is 16.3 Å². The molecule has 0 unspecified atom stereocenters. The highest BCUT2D eigenvalue weighted by Gasteiger charge is 2.04. The van der Waals surface area contributed by atoms with Crippen molar-refractivity contribution in [1.29, 1.82) is 0 Å². The van der Waals surface area contributed by atoms with Gasteiger partial charge in [-0.05, 0) is 18.6 Å². The van der Waals surface area contributed by atoms with Gasteiger partial charge in [-0.2, -0.15) is 0 Å². The van der Waals surface area contributed by atoms with Gasteiger partial charge in [0.05, 0.1) is 24.4 Å². The van der Waals surface area contributed by atoms with Crippen LogP contribution in [0, 0.1) is 0 Å². The van der Waals surface area contributed by atoms with E-state index >= 15 is 0 Å². The monoisotopic (exact) mass is 256 g/mol. The van der Waals surface area contributed by atoms with Crippen molar-refractivity contribution in [3.05, 3.63) is 23.2 Å². The van der Waals surface area contributed by atoms with Crippen LogP contribution in [-0.4, -0.2) is 26.1 Å². The van der Waals surface area contributed by atoms with Gasteiger partial charge in [-0.25, -0.2) is 0 Å². The van der Waals surface area contributed by atoms with Crippen LogP contribution in [0.5, 0.6) is 5.75 Å². The molecule has 2 N–H and O–H groups in total. The topological polar surface area (TPSA) is 50.4 Å². The van der Waals surface area contributed by atoms with Crippen LogP contribution in [0.4, 0.5) is 5.69 Å². The van der Waals surface area contributed by atoms with Gasteiger partial charge in [-0.1, -0.05) is 18.5 Å². The Morgan fingerprint density at radius 1 is 1.47 bits per heavy atom. The molecular weight excluding hydrogens is 240 g/mol. The second-order valence-electron chi connectivity index (χ2n) is 3.55. The molecule has 0 aliphatic heterocycles. The molecule has 0 saturated heterocycles. The number of carbonyl (C=O) groups is 1. The number of methoxy groups -OCH3 is 1. The Hall–Kier alpha value is -1.42. The van der Waals surface area contributed by atoms with Crippen LogP contribution in [0.25, 0.3) is 0 Å². The van der Waals surface area contributed by atoms with Gasteiger partial charge in [-0.15, -0.1) is 0 Å². The fraction of sp³-hybridized carbons (Fsp3) is 0.417. The zero-order valence-corrected chi connectivity index (χ0v) is 10.8. The third-order valence-electron chi connectivity index (χ3n) is 2.19. The van der Waals surface area contributed by atoms with E-state index in [-0.39, 0.29) is 12.5 Å². The molecule has 5 heteroatoms. The summed E-state index contributed by atoms with van der Waals surface area (Å²) in [4.78, 5) is 11.4. The quantitative estimate of drug-likeness (QED) is 0.821. The average Bonchev–Trinajstić information content (AvgIpc) is 2.35. The van der Waals surface area contributed by atoms with Gasteiger partial charge in [0, 0.05) is 12.6 Å². The van der Waals surface area contributed by atoms with Gasteiger partial charge in [0.1, 0.15) is 5.75 Å². The SMILES string of the molecule is CCCNC(=O)CNc1cc(OC)ccc1Cl. The molecule has 0 spiro atoms. The minimum atomic E-state index is -0.0502. The maximum absolute atomic E-state index is 11.4. The van der Waals surface area contributed by atoms with E-state index < -0.39 is 0 Å². The van der Waals surface area contributed by atoms with E-state index in [2.05, 4.69) is 10.6 Å². The van der Waals surface area contributed by atoms with Crippen LogP contribution in [-0.2, 0) is 4.79 Å². The predicted octanol–water partition coefficient (Wildman–Crippen LogP) is 2.29. The molecule has 0 atom stereocenters. The summed E-state index contributed by atoms with van der Waals surface area (Å²) < 4.78 is 5.08. The summed E-state index contributed by atoms with van der Waals surface area (Å²) >= 11 is 5.99. The molecule has 0 aliphatic rings. The van der Waals surface area contributed by atoms with E-state index in [0.29, 0.717) is 23.0 Å². The lowest BCUT2D eigenvalue weighted by molar-refractivity contribution is -0.119. The molecule has 0 bridgehead atoms. The summed E-state index contributed by atoms with van der Waals surface area (Å²) in [7, 11) is 1.58. The maximum atomic E-state index is 11.4. The van der Waals surface area contributed by atoms with Crippen molar-refractivity contribution in [3.8, 4) is 5.75 Å². The van der Waals surface area contributed by atoms with Gasteiger partial charge < -0.3 is 15.4 Å². The lowest BCUT2D eigenvalue weighted by Crippen LogP contribution is -2.30. The molecule has 1 amide bonds. The first-order chi connectivity index (χ1) is 8.17. The largest absolute Gasteiger partial charge is 0.497 e. The van der Waals surface area contributed by atoms with E-state index in [1.807, 2.05) is 6.92 Å². The summed E-state index contributed by atoms with van der Waals surface area (Å²) in [6.07, 6.45) is 0.922. The smallest absolute Gasteiger partial charge is 0.239 e. The van der Waals surface area contributed by atoms with Gasteiger partial charge >= 0.3 is 0 Å². The molecular formula is C12H17ClN2O2. The summed E-state index contributed by atoms with van der Waals surface area (Å²) in [6.45, 7) is 2.89. The summed E-state index contributed by atoms with van der Waals surface area (Å²) in [5.41, 5.74) is 0.692. The van der Waals surface area contributed by atoms with Crippen LogP contribution in [0.15, 0.2) is 18.2 Å². The van der Waals surface area contributed by atoms with E-state index in [1.54, 1.807) is 25.3 Å². The highest BCUT2D eigenvalue weighted by molar-refractivity contribution is 6.33. The van der Waals surface area contributed by atoms with Gasteiger partial charge in [0.15, 0.2) is 0 Å². The summed E-state index contributed by atoms with van der Waals surface area (Å²) in [5.74, 6) is 0.650. The van der Waals surface area contributed by atoms with Crippen LogP contribution < -0.4 is 15.4 Å². The zero-order valence-electron chi connectivity index (χ0n) is 10.0. The van der Waals surface area contributed by atoms with Crippen molar-refractivity contribution in [2.24, 2.45) is 0 Å². The van der Waals surface area contributed by atoms with Crippen molar-refractivity contribution in [3.63, 3.8) is 0 Å². The van der Waals surface area contributed by atoms with Crippen LogP contribution in [0.3, 0.4) is 0 Å². The minimum absolute atomic E-state index is 0.0502. The van der Waals surface area contributed by atoms with Gasteiger partial charge in [0.2, 0.25) is 5.91 Å². The number of hydrogen-bond acceptors (Lipinski definition) is 3. The van der Waals surface area contributed by atoms with Crippen molar-refractivity contribution >= 4 is 23.2 Å². The molecule has 0 saturated carbocycles. The molecule has 0 heterocycles. The Morgan fingerprint density at radius 3 is 2.88 bits per heavy atom. The Balaban J connectivity index is 2.53. The molecule has 1 rings (SSSR count). The number of halogens is 1. The molecule has 4 nitrogen and oxygen atoms in total. The van der Waals surface area contributed by atoms with E-state index in [0.717, 1.165) is 6.42 Å². The third kappa shape index (κ3) is 4.53. The second-order valence-corrected chi connectivity index (χ2v) is 3.96. The molecule has 0 radical (unpaired) electrons. The first-order valence-electron chi connectivity index (χ1n) is 5.51. The van der Waals surface area contributed by atoms with E-state index in [9.17, 15) is 4.79 Å². The second kappa shape index (κ2) is 7.01. The number of amides is 1. The fourth-order valence-electron chi connectivity index (χ4n) is 1.27. The van der Waals surface area contributed by atoms with E-state index in [1.165, 1.54) is 0 Å². The number of ether oxygens (including phenoxy) is 1. The number of anilines is 1. The van der Waals surface area contributed by atoms with Crippen molar-refractivity contribution in [2.75, 3.05) is 25.5 Å². The molecule has 0 aromatic heterocycles. The number of carbonyl (C=O) groups excluding carboxylic acids is 1. The Kier molecular flexibility index (Phi) is 5.63. The van der Waals surface area contributed by atoms with Crippen molar-refractivity contribution in [1.82, 2.24) is 5.32 Å². The normalized spacial score (nSPS) is 9.82. The standard InChI is InChI=1S/C12H17ClN2O2/c1-3-6-14-12(16)8-15-11-7-9(17-2)4-5-10(11)13/h4-5,7,15H,3,6,8H2,1-2H3,(H,14,16). The number of hydrogen-bond donors (Lipinski definition) is 2. The Morgan fingerprint density at radius 2 is 2.24 bits per heavy atom. The van der Waals surface area contributed by atoms with Gasteiger partial charge in [-0.3, -0.25) is 4.79 Å². The van der Waals surface area contributed by atoms with Crippen molar-refractivity contribution in [2.45, 2.75) is 13.3 Å². The number of benzene rings is 1. The van der Waals surface area contributed by atoms with Crippen LogP contribution >= 0.6 is 11.6 Å². The number of nitrogens with one attached hydrogen (secondary N) is 2. The fourth-order valence-corrected chi connectivity index (χ4v) is 1.45. The highest BCUT2D eigenvalue weighted by atomic mass is 35.5. The Labute approximate surface area is 106 Å². The third-order valence-corrected chi connectivity index (χ3v) is 2.51. The van der Waals surface area contributed by atoms with Crippen LogP contribution in [0.2, 0.25) is 5.02 Å². The predicted molar refractivity (Wildman–Crippen MR) is 69.8 cm³/mol. The highest BCUT2D eigenvalue weighted by Crippen LogP contribution is 2.26. The van der Waals surface area contributed by atoms with Gasteiger partial charge in [0.25, 0.3) is 0 Å². The average molecular weight is 257 g/mol. The molecule has 0 fully saturated rings. The lowest BCUT2D eigenvalue weighted by atomic mass is 10.3. The van der Waals surface area contributed by atoms with Crippen LogP contribution in [0.1, 0.15) is 13.3 Å². The molecule has 0 aliphatic carbocycles. The molecule has 1 aromatic carbocycles. The summed E-state index contributed by atoms with van der Waals surface area (Å²) in [5, 5.41) is 6.31. The first-order valence-corrected chi connectivity index (χ1v) is 5.89. The first kappa shape index (κ1) is 13.6. The lowest BCUT2D eigenvalue weighted by Gasteiger charge is -2.10. The molecule has 17 heavy (non-hydrogen) atoms. The molecule has 94 valence electrons. The minimum Gasteiger partial charge on any atom is -0.497 e. The summed E-state index contributed by atoms with van der Waals surface area (Å²) in [6, 6.07) is 5.26. The Bertz CT molecular complexity index is 383. The number of rotatable bonds is 6. The zero-order chi connectivity index (χ0) is 12.7. The molecule has 1 aromatic rings. The van der Waals surface area contributed by atoms with Crippen molar-refractivity contribution < 1.29 is 9.53 Å².